The molecular formula is C56H108O6. The number of esters is 3. The van der Waals surface area contributed by atoms with E-state index in [4.69, 9.17) is 14.2 Å². The largest absolute Gasteiger partial charge is 0.462 e. The Morgan fingerprint density at radius 3 is 0.790 bits per heavy atom. The number of rotatable bonds is 50. The summed E-state index contributed by atoms with van der Waals surface area (Å²) in [6.07, 6.45) is 51.0. The van der Waals surface area contributed by atoms with Gasteiger partial charge in [-0.05, 0) is 31.1 Å². The van der Waals surface area contributed by atoms with Crippen LogP contribution in [0.25, 0.3) is 0 Å². The highest BCUT2D eigenvalue weighted by Crippen LogP contribution is 2.18. The molecule has 1 atom stereocenters. The molecule has 0 aliphatic carbocycles. The zero-order valence-corrected chi connectivity index (χ0v) is 42.5. The van der Waals surface area contributed by atoms with E-state index >= 15 is 0 Å². The van der Waals surface area contributed by atoms with Gasteiger partial charge in [0, 0.05) is 19.3 Å². The van der Waals surface area contributed by atoms with Crippen LogP contribution in [-0.4, -0.2) is 37.2 Å². The Hall–Kier alpha value is -1.59. The summed E-state index contributed by atoms with van der Waals surface area (Å²) in [6, 6.07) is 0. The molecule has 0 bridgehead atoms. The van der Waals surface area contributed by atoms with Crippen LogP contribution < -0.4 is 0 Å². The zero-order valence-electron chi connectivity index (χ0n) is 42.5. The van der Waals surface area contributed by atoms with E-state index in [1.54, 1.807) is 0 Å². The zero-order chi connectivity index (χ0) is 45.4. The number of carbonyl (C=O) groups excluding carboxylic acids is 3. The minimum absolute atomic E-state index is 0.0636. The van der Waals surface area contributed by atoms with Gasteiger partial charge >= 0.3 is 17.9 Å². The molecule has 0 unspecified atom stereocenters. The lowest BCUT2D eigenvalue weighted by Gasteiger charge is -2.18. The molecule has 62 heavy (non-hydrogen) atoms. The molecule has 0 aromatic rings. The molecule has 0 fully saturated rings. The Morgan fingerprint density at radius 2 is 0.532 bits per heavy atom. The molecule has 6 nitrogen and oxygen atoms in total. The van der Waals surface area contributed by atoms with Gasteiger partial charge in [0.05, 0.1) is 0 Å². The minimum atomic E-state index is -0.762. The lowest BCUT2D eigenvalue weighted by molar-refractivity contribution is -0.167. The average molecular weight is 877 g/mol. The highest BCUT2D eigenvalue weighted by molar-refractivity contribution is 5.71. The molecule has 0 aliphatic rings. The molecule has 0 N–H and O–H groups in total. The Bertz CT molecular complexity index is 947. The Balaban J connectivity index is 4.25. The van der Waals surface area contributed by atoms with Crippen molar-refractivity contribution in [2.24, 2.45) is 11.8 Å². The molecule has 6 heteroatoms. The standard InChI is InChI=1S/C56H108O6/c1-6-7-8-9-10-11-12-13-14-15-16-17-18-22-25-31-36-41-46-54(57)60-49-53(62-56(59)48-43-38-33-28-27-30-35-40-45-52(4)5)50-61-55(58)47-42-37-32-26-23-20-19-21-24-29-34-39-44-51(2)3/h51-53H,6-50H2,1-5H3/t53-/m0/s1. The third kappa shape index (κ3) is 49.4. The third-order valence-corrected chi connectivity index (χ3v) is 12.7. The van der Waals surface area contributed by atoms with Crippen LogP contribution in [0.3, 0.4) is 0 Å². The molecule has 0 rings (SSSR count). The van der Waals surface area contributed by atoms with E-state index in [1.807, 2.05) is 0 Å². The first-order valence-electron chi connectivity index (χ1n) is 27.7. The quantitative estimate of drug-likeness (QED) is 0.0344. The van der Waals surface area contributed by atoms with Crippen LogP contribution in [0.4, 0.5) is 0 Å². The van der Waals surface area contributed by atoms with Crippen LogP contribution in [0.2, 0.25) is 0 Å². The molecule has 0 aromatic heterocycles. The van der Waals surface area contributed by atoms with Crippen molar-refractivity contribution >= 4 is 17.9 Å². The summed E-state index contributed by atoms with van der Waals surface area (Å²) >= 11 is 0. The Morgan fingerprint density at radius 1 is 0.306 bits per heavy atom. The first-order chi connectivity index (χ1) is 30.2. The molecule has 0 radical (unpaired) electrons. The Labute approximate surface area is 387 Å². The summed E-state index contributed by atoms with van der Waals surface area (Å²) in [4.78, 5) is 38.0. The third-order valence-electron chi connectivity index (χ3n) is 12.7. The maximum Gasteiger partial charge on any atom is 0.306 e. The number of unbranched alkanes of at least 4 members (excludes halogenated alkanes) is 35. The average Bonchev–Trinajstić information content (AvgIpc) is 3.24. The predicted molar refractivity (Wildman–Crippen MR) is 266 cm³/mol. The topological polar surface area (TPSA) is 78.9 Å². The fraction of sp³-hybridized carbons (Fsp3) is 0.946. The summed E-state index contributed by atoms with van der Waals surface area (Å²) in [5, 5.41) is 0. The van der Waals surface area contributed by atoms with E-state index in [2.05, 4.69) is 34.6 Å². The van der Waals surface area contributed by atoms with Crippen molar-refractivity contribution in [3.05, 3.63) is 0 Å². The van der Waals surface area contributed by atoms with Crippen molar-refractivity contribution in [2.45, 2.75) is 317 Å². The second kappa shape index (κ2) is 48.9. The maximum atomic E-state index is 12.8. The van der Waals surface area contributed by atoms with Crippen LogP contribution in [-0.2, 0) is 28.6 Å². The van der Waals surface area contributed by atoms with E-state index in [0.717, 1.165) is 69.6 Å². The van der Waals surface area contributed by atoms with Gasteiger partial charge in [-0.25, -0.2) is 0 Å². The Kier molecular flexibility index (Phi) is 47.6. The van der Waals surface area contributed by atoms with Gasteiger partial charge in [-0.1, -0.05) is 272 Å². The van der Waals surface area contributed by atoms with Crippen LogP contribution in [0, 0.1) is 11.8 Å². The molecule has 0 heterocycles. The lowest BCUT2D eigenvalue weighted by Crippen LogP contribution is -2.30. The smallest absolute Gasteiger partial charge is 0.306 e. The van der Waals surface area contributed by atoms with Gasteiger partial charge < -0.3 is 14.2 Å². The number of carbonyl (C=O) groups is 3. The van der Waals surface area contributed by atoms with Gasteiger partial charge in [0.1, 0.15) is 13.2 Å². The van der Waals surface area contributed by atoms with Crippen molar-refractivity contribution in [3.8, 4) is 0 Å². The molecule has 0 saturated heterocycles. The second-order valence-corrected chi connectivity index (χ2v) is 20.2. The molecular weight excluding hydrogens is 769 g/mol. The van der Waals surface area contributed by atoms with Crippen molar-refractivity contribution in [1.82, 2.24) is 0 Å². The molecule has 0 spiro atoms. The van der Waals surface area contributed by atoms with Gasteiger partial charge in [0.25, 0.3) is 0 Å². The summed E-state index contributed by atoms with van der Waals surface area (Å²) < 4.78 is 16.8. The highest BCUT2D eigenvalue weighted by Gasteiger charge is 2.19. The van der Waals surface area contributed by atoms with E-state index in [1.165, 1.54) is 199 Å². The van der Waals surface area contributed by atoms with Gasteiger partial charge in [0.2, 0.25) is 0 Å². The van der Waals surface area contributed by atoms with Crippen LogP contribution in [0.15, 0.2) is 0 Å². The molecule has 368 valence electrons. The second-order valence-electron chi connectivity index (χ2n) is 20.2. The molecule has 0 aliphatic heterocycles. The van der Waals surface area contributed by atoms with Crippen molar-refractivity contribution < 1.29 is 28.6 Å². The molecule has 0 aromatic carbocycles. The van der Waals surface area contributed by atoms with Crippen molar-refractivity contribution in [3.63, 3.8) is 0 Å². The maximum absolute atomic E-state index is 12.8. The first kappa shape index (κ1) is 60.4. The van der Waals surface area contributed by atoms with E-state index in [0.29, 0.717) is 19.3 Å². The molecule has 0 amide bonds. The van der Waals surface area contributed by atoms with Gasteiger partial charge in [-0.3, -0.25) is 14.4 Å². The van der Waals surface area contributed by atoms with Gasteiger partial charge in [-0.15, -0.1) is 0 Å². The monoisotopic (exact) mass is 877 g/mol. The summed E-state index contributed by atoms with van der Waals surface area (Å²) in [5.41, 5.74) is 0. The number of hydrogen-bond donors (Lipinski definition) is 0. The van der Waals surface area contributed by atoms with Crippen LogP contribution in [0.5, 0.6) is 0 Å². The number of ether oxygens (including phenoxy) is 3. The van der Waals surface area contributed by atoms with Crippen LogP contribution in [0.1, 0.15) is 311 Å². The highest BCUT2D eigenvalue weighted by atomic mass is 16.6. The predicted octanol–water partition coefficient (Wildman–Crippen LogP) is 18.1. The SMILES string of the molecule is CCCCCCCCCCCCCCCCCCCCC(=O)OC[C@@H](COC(=O)CCCCCCCCCCCCCCC(C)C)OC(=O)CCCCCCCCCCC(C)C. The van der Waals surface area contributed by atoms with Crippen molar-refractivity contribution in [1.29, 1.82) is 0 Å². The first-order valence-corrected chi connectivity index (χ1v) is 27.7. The van der Waals surface area contributed by atoms with E-state index in [9.17, 15) is 14.4 Å². The van der Waals surface area contributed by atoms with E-state index in [-0.39, 0.29) is 31.1 Å². The van der Waals surface area contributed by atoms with Gasteiger partial charge in [0.15, 0.2) is 6.10 Å². The summed E-state index contributed by atoms with van der Waals surface area (Å²) in [7, 11) is 0. The van der Waals surface area contributed by atoms with Crippen LogP contribution >= 0.6 is 0 Å². The summed E-state index contributed by atoms with van der Waals surface area (Å²) in [5.74, 6) is 0.781. The normalized spacial score (nSPS) is 12.0. The minimum Gasteiger partial charge on any atom is -0.462 e. The van der Waals surface area contributed by atoms with E-state index < -0.39 is 6.10 Å². The number of hydrogen-bond acceptors (Lipinski definition) is 6. The molecule has 0 saturated carbocycles. The fourth-order valence-electron chi connectivity index (χ4n) is 8.52. The summed E-state index contributed by atoms with van der Waals surface area (Å²) in [6.45, 7) is 11.4. The van der Waals surface area contributed by atoms with Gasteiger partial charge in [-0.2, -0.15) is 0 Å². The lowest BCUT2D eigenvalue weighted by atomic mass is 10.0. The fourth-order valence-corrected chi connectivity index (χ4v) is 8.52. The van der Waals surface area contributed by atoms with Crippen molar-refractivity contribution in [2.75, 3.05) is 13.2 Å².